The molecule has 0 spiro atoms. The van der Waals surface area contributed by atoms with E-state index in [0.717, 1.165) is 31.9 Å². The van der Waals surface area contributed by atoms with Crippen LogP contribution in [0, 0.1) is 0 Å². The molecule has 6 nitrogen and oxygen atoms in total. The predicted molar refractivity (Wildman–Crippen MR) is 102 cm³/mol. The van der Waals surface area contributed by atoms with Gasteiger partial charge < -0.3 is 20.3 Å². The molecule has 0 aliphatic carbocycles. The molecule has 25 heavy (non-hydrogen) atoms. The number of piperazine rings is 1. The van der Waals surface area contributed by atoms with Crippen LogP contribution in [0.3, 0.4) is 0 Å². The van der Waals surface area contributed by atoms with Crippen LogP contribution in [0.1, 0.15) is 17.3 Å². The summed E-state index contributed by atoms with van der Waals surface area (Å²) in [7, 11) is 0. The molecule has 0 unspecified atom stereocenters. The van der Waals surface area contributed by atoms with Crippen LogP contribution in [0.15, 0.2) is 42.6 Å². The standard InChI is InChI=1S/C18H22N4O2.ClH/c1-2-24-16-6-4-3-5-15(16)18(23)21-17-8-7-14(13-20-17)22-11-9-19-10-12-22;/h3-8,13,19H,2,9-12H2,1H3,(H,20,21,23);1H. The van der Waals surface area contributed by atoms with Gasteiger partial charge in [-0.15, -0.1) is 12.4 Å². The normalized spacial score (nSPS) is 13.7. The predicted octanol–water partition coefficient (Wildman–Crippen LogP) is 2.56. The van der Waals surface area contributed by atoms with E-state index < -0.39 is 0 Å². The largest absolute Gasteiger partial charge is 0.493 e. The van der Waals surface area contributed by atoms with E-state index in [-0.39, 0.29) is 18.3 Å². The zero-order chi connectivity index (χ0) is 16.8. The van der Waals surface area contributed by atoms with Crippen molar-refractivity contribution in [2.75, 3.05) is 43.0 Å². The van der Waals surface area contributed by atoms with Gasteiger partial charge >= 0.3 is 0 Å². The van der Waals surface area contributed by atoms with E-state index in [2.05, 4.69) is 20.5 Å². The van der Waals surface area contributed by atoms with Crippen LogP contribution in [-0.4, -0.2) is 43.7 Å². The van der Waals surface area contributed by atoms with Gasteiger partial charge in [-0.2, -0.15) is 0 Å². The van der Waals surface area contributed by atoms with Crippen molar-refractivity contribution >= 4 is 29.8 Å². The van der Waals surface area contributed by atoms with Crippen LogP contribution < -0.4 is 20.3 Å². The van der Waals surface area contributed by atoms with Gasteiger partial charge in [-0.1, -0.05) is 12.1 Å². The van der Waals surface area contributed by atoms with Crippen LogP contribution in [0.25, 0.3) is 0 Å². The van der Waals surface area contributed by atoms with Gasteiger partial charge in [0, 0.05) is 26.2 Å². The van der Waals surface area contributed by atoms with E-state index in [1.807, 2.05) is 31.2 Å². The van der Waals surface area contributed by atoms with Gasteiger partial charge in [-0.05, 0) is 31.2 Å². The highest BCUT2D eigenvalue weighted by Gasteiger charge is 2.14. The lowest BCUT2D eigenvalue weighted by atomic mass is 10.2. The second kappa shape index (κ2) is 9.25. The van der Waals surface area contributed by atoms with Crippen LogP contribution >= 0.6 is 12.4 Å². The quantitative estimate of drug-likeness (QED) is 0.855. The number of carbonyl (C=O) groups excluding carboxylic acids is 1. The summed E-state index contributed by atoms with van der Waals surface area (Å²) in [4.78, 5) is 19.1. The Morgan fingerprint density at radius 2 is 2.00 bits per heavy atom. The summed E-state index contributed by atoms with van der Waals surface area (Å²) in [5.41, 5.74) is 1.58. The molecule has 1 fully saturated rings. The maximum absolute atomic E-state index is 12.4. The number of pyridine rings is 1. The third-order valence-electron chi connectivity index (χ3n) is 3.90. The monoisotopic (exact) mass is 362 g/mol. The molecule has 0 bridgehead atoms. The minimum absolute atomic E-state index is 0. The summed E-state index contributed by atoms with van der Waals surface area (Å²) >= 11 is 0. The number of nitrogens with zero attached hydrogens (tertiary/aromatic N) is 2. The van der Waals surface area contributed by atoms with E-state index in [4.69, 9.17) is 4.74 Å². The number of aromatic nitrogens is 1. The van der Waals surface area contributed by atoms with Crippen molar-refractivity contribution in [2.45, 2.75) is 6.92 Å². The number of ether oxygens (including phenoxy) is 1. The zero-order valence-electron chi connectivity index (χ0n) is 14.2. The van der Waals surface area contributed by atoms with Crippen molar-refractivity contribution in [3.8, 4) is 5.75 Å². The van der Waals surface area contributed by atoms with Crippen molar-refractivity contribution < 1.29 is 9.53 Å². The third-order valence-corrected chi connectivity index (χ3v) is 3.90. The molecule has 2 N–H and O–H groups in total. The topological polar surface area (TPSA) is 66.5 Å². The number of anilines is 2. The molecule has 0 atom stereocenters. The van der Waals surface area contributed by atoms with Gasteiger partial charge in [0.1, 0.15) is 11.6 Å². The number of para-hydroxylation sites is 1. The van der Waals surface area contributed by atoms with E-state index in [1.165, 1.54) is 0 Å². The molecule has 134 valence electrons. The Bertz CT molecular complexity index is 688. The van der Waals surface area contributed by atoms with Crippen molar-refractivity contribution in [3.05, 3.63) is 48.2 Å². The number of hydrogen-bond donors (Lipinski definition) is 2. The summed E-state index contributed by atoms with van der Waals surface area (Å²) < 4.78 is 5.50. The first-order chi connectivity index (χ1) is 11.8. The summed E-state index contributed by atoms with van der Waals surface area (Å²) in [5.74, 6) is 0.890. The van der Waals surface area contributed by atoms with Gasteiger partial charge in [0.15, 0.2) is 0 Å². The highest BCUT2D eigenvalue weighted by atomic mass is 35.5. The minimum Gasteiger partial charge on any atom is -0.493 e. The molecule has 1 aliphatic rings. The average molecular weight is 363 g/mol. The van der Waals surface area contributed by atoms with Crippen molar-refractivity contribution in [3.63, 3.8) is 0 Å². The molecule has 0 saturated carbocycles. The number of halogens is 1. The highest BCUT2D eigenvalue weighted by molar-refractivity contribution is 6.05. The van der Waals surface area contributed by atoms with Gasteiger partial charge in [0.05, 0.1) is 24.1 Å². The number of hydrogen-bond acceptors (Lipinski definition) is 5. The molecule has 0 radical (unpaired) electrons. The summed E-state index contributed by atoms with van der Waals surface area (Å²) in [5, 5.41) is 6.15. The molecular formula is C18H23ClN4O2. The molecule has 2 heterocycles. The highest BCUT2D eigenvalue weighted by Crippen LogP contribution is 2.20. The van der Waals surface area contributed by atoms with Crippen LogP contribution in [0.2, 0.25) is 0 Å². The van der Waals surface area contributed by atoms with Gasteiger partial charge in [0.25, 0.3) is 5.91 Å². The number of carbonyl (C=O) groups is 1. The first-order valence-electron chi connectivity index (χ1n) is 8.23. The lowest BCUT2D eigenvalue weighted by Crippen LogP contribution is -2.43. The van der Waals surface area contributed by atoms with Gasteiger partial charge in [-0.3, -0.25) is 4.79 Å². The van der Waals surface area contributed by atoms with Crippen molar-refractivity contribution in [1.82, 2.24) is 10.3 Å². The van der Waals surface area contributed by atoms with Crippen LogP contribution in [0.5, 0.6) is 5.75 Å². The van der Waals surface area contributed by atoms with Gasteiger partial charge in [-0.25, -0.2) is 4.98 Å². The molecule has 1 aromatic heterocycles. The first kappa shape index (κ1) is 19.0. The SMILES string of the molecule is CCOc1ccccc1C(=O)Nc1ccc(N2CCNCC2)cn1.Cl. The van der Waals surface area contributed by atoms with E-state index >= 15 is 0 Å². The lowest BCUT2D eigenvalue weighted by molar-refractivity contribution is 0.102. The Balaban J connectivity index is 0.00000225. The second-order valence-electron chi connectivity index (χ2n) is 5.52. The molecule has 1 saturated heterocycles. The smallest absolute Gasteiger partial charge is 0.260 e. The molecule has 2 aromatic rings. The molecule has 1 aromatic carbocycles. The fourth-order valence-electron chi connectivity index (χ4n) is 2.69. The minimum atomic E-state index is -0.221. The average Bonchev–Trinajstić information content (AvgIpc) is 2.64. The Labute approximate surface area is 154 Å². The molecule has 1 aliphatic heterocycles. The zero-order valence-corrected chi connectivity index (χ0v) is 15.0. The molecule has 7 heteroatoms. The van der Waals surface area contributed by atoms with E-state index in [0.29, 0.717) is 23.7 Å². The lowest BCUT2D eigenvalue weighted by Gasteiger charge is -2.29. The van der Waals surface area contributed by atoms with Crippen LogP contribution in [-0.2, 0) is 0 Å². The summed E-state index contributed by atoms with van der Waals surface area (Å²) in [6.45, 7) is 6.30. The number of amides is 1. The first-order valence-corrected chi connectivity index (χ1v) is 8.23. The second-order valence-corrected chi connectivity index (χ2v) is 5.52. The number of benzene rings is 1. The maximum atomic E-state index is 12.4. The van der Waals surface area contributed by atoms with Gasteiger partial charge in [0.2, 0.25) is 0 Å². The van der Waals surface area contributed by atoms with Crippen molar-refractivity contribution in [2.24, 2.45) is 0 Å². The maximum Gasteiger partial charge on any atom is 0.260 e. The fraction of sp³-hybridized carbons (Fsp3) is 0.333. The number of rotatable bonds is 5. The molecule has 3 rings (SSSR count). The van der Waals surface area contributed by atoms with Crippen LogP contribution in [0.4, 0.5) is 11.5 Å². The van der Waals surface area contributed by atoms with E-state index in [1.54, 1.807) is 18.3 Å². The summed E-state index contributed by atoms with van der Waals surface area (Å²) in [6.07, 6.45) is 1.80. The molecular weight excluding hydrogens is 340 g/mol. The number of nitrogens with one attached hydrogen (secondary N) is 2. The van der Waals surface area contributed by atoms with Crippen molar-refractivity contribution in [1.29, 1.82) is 0 Å². The Hall–Kier alpha value is -2.31. The fourth-order valence-corrected chi connectivity index (χ4v) is 2.69. The Morgan fingerprint density at radius 1 is 1.24 bits per heavy atom. The Kier molecular flexibility index (Phi) is 7.03. The summed E-state index contributed by atoms with van der Waals surface area (Å²) in [6, 6.07) is 11.0. The van der Waals surface area contributed by atoms with E-state index in [9.17, 15) is 4.79 Å². The Morgan fingerprint density at radius 3 is 2.68 bits per heavy atom. The third kappa shape index (κ3) is 4.84. The molecule has 1 amide bonds.